The Bertz CT molecular complexity index is 292. The van der Waals surface area contributed by atoms with Crippen molar-refractivity contribution in [2.24, 2.45) is 0 Å². The summed E-state index contributed by atoms with van der Waals surface area (Å²) in [7, 11) is 0. The lowest BCUT2D eigenvalue weighted by atomic mass is 9.85. The predicted molar refractivity (Wildman–Crippen MR) is 66.6 cm³/mol. The van der Waals surface area contributed by atoms with Gasteiger partial charge in [0.1, 0.15) is 0 Å². The quantitative estimate of drug-likeness (QED) is 0.607. The van der Waals surface area contributed by atoms with Crippen LogP contribution in [0.1, 0.15) is 65.7 Å². The van der Waals surface area contributed by atoms with Crippen molar-refractivity contribution in [1.82, 2.24) is 0 Å². The molecule has 0 spiro atoms. The van der Waals surface area contributed by atoms with Crippen molar-refractivity contribution in [3.8, 4) is 0 Å². The van der Waals surface area contributed by atoms with Gasteiger partial charge in [0.2, 0.25) is 0 Å². The van der Waals surface area contributed by atoms with Gasteiger partial charge < -0.3 is 0 Å². The molecule has 15 heavy (non-hydrogen) atoms. The molecule has 0 fully saturated rings. The van der Waals surface area contributed by atoms with Crippen LogP contribution in [0.15, 0.2) is 22.3 Å². The minimum Gasteiger partial charge on any atom is -0.0642 e. The summed E-state index contributed by atoms with van der Waals surface area (Å²) in [5.41, 5.74) is 6.91. The zero-order chi connectivity index (χ0) is 10.8. The summed E-state index contributed by atoms with van der Waals surface area (Å²) in [5.74, 6) is 1.71. The van der Waals surface area contributed by atoms with Gasteiger partial charge in [-0.15, -0.1) is 0 Å². The molecule has 1 radical (unpaired) electrons. The Balaban J connectivity index is 2.39. The van der Waals surface area contributed by atoms with Gasteiger partial charge in [-0.25, -0.2) is 0 Å². The molecule has 0 aromatic rings. The zero-order valence-corrected chi connectivity index (χ0v) is 10.4. The highest BCUT2D eigenvalue weighted by Gasteiger charge is 2.31. The second-order valence-electron chi connectivity index (χ2n) is 4.66. The van der Waals surface area contributed by atoms with Crippen molar-refractivity contribution in [2.45, 2.75) is 65.7 Å². The molecule has 0 heteroatoms. The summed E-state index contributed by atoms with van der Waals surface area (Å²) in [6, 6.07) is 0. The lowest BCUT2D eigenvalue weighted by Gasteiger charge is -2.20. The molecule has 0 aromatic carbocycles. The summed E-state index contributed by atoms with van der Waals surface area (Å²) in [6.07, 6.45) is 9.25. The van der Waals surface area contributed by atoms with Crippen LogP contribution in [-0.2, 0) is 0 Å². The fraction of sp³-hybridized carbons (Fsp3) is 0.667. The van der Waals surface area contributed by atoms with Crippen molar-refractivity contribution in [3.63, 3.8) is 0 Å². The van der Waals surface area contributed by atoms with Gasteiger partial charge in [-0.1, -0.05) is 31.9 Å². The maximum atomic E-state index is 2.32. The minimum atomic E-state index is 1.24. The molecule has 0 N–H and O–H groups in total. The Kier molecular flexibility index (Phi) is 3.33. The average Bonchev–Trinajstić information content (AvgIpc) is 2.61. The Morgan fingerprint density at radius 2 is 1.33 bits per heavy atom. The molecular formula is C15H23. The molecule has 0 unspecified atom stereocenters. The second-order valence-corrected chi connectivity index (χ2v) is 4.66. The molecule has 2 aliphatic rings. The molecule has 0 atom stereocenters. The third kappa shape index (κ3) is 1.68. The van der Waals surface area contributed by atoms with Crippen LogP contribution < -0.4 is 0 Å². The Morgan fingerprint density at radius 3 is 1.87 bits per heavy atom. The van der Waals surface area contributed by atoms with Crippen molar-refractivity contribution in [3.05, 3.63) is 28.2 Å². The van der Waals surface area contributed by atoms with E-state index in [9.17, 15) is 0 Å². The van der Waals surface area contributed by atoms with E-state index in [-0.39, 0.29) is 0 Å². The molecule has 83 valence electrons. The third-order valence-electron chi connectivity index (χ3n) is 3.99. The van der Waals surface area contributed by atoms with Gasteiger partial charge in [-0.3, -0.25) is 0 Å². The van der Waals surface area contributed by atoms with Crippen LogP contribution in [0.25, 0.3) is 0 Å². The SMILES string of the molecule is CC[C]1C(CC)=C(CC)C2=C1CCCC2. The van der Waals surface area contributed by atoms with E-state index in [4.69, 9.17) is 0 Å². The van der Waals surface area contributed by atoms with E-state index in [2.05, 4.69) is 20.8 Å². The Morgan fingerprint density at radius 1 is 0.733 bits per heavy atom. The van der Waals surface area contributed by atoms with Gasteiger partial charge in [-0.05, 0) is 56.1 Å². The number of hydrogen-bond acceptors (Lipinski definition) is 0. The molecule has 0 amide bonds. The van der Waals surface area contributed by atoms with E-state index < -0.39 is 0 Å². The fourth-order valence-corrected chi connectivity index (χ4v) is 3.40. The van der Waals surface area contributed by atoms with Gasteiger partial charge >= 0.3 is 0 Å². The molecule has 0 nitrogen and oxygen atoms in total. The van der Waals surface area contributed by atoms with Crippen LogP contribution in [0.4, 0.5) is 0 Å². The highest BCUT2D eigenvalue weighted by atomic mass is 14.4. The predicted octanol–water partition coefficient (Wildman–Crippen LogP) is 4.97. The van der Waals surface area contributed by atoms with Crippen LogP contribution in [0.5, 0.6) is 0 Å². The first-order chi connectivity index (χ1) is 7.33. The van der Waals surface area contributed by atoms with Gasteiger partial charge in [0.05, 0.1) is 0 Å². The summed E-state index contributed by atoms with van der Waals surface area (Å²) >= 11 is 0. The number of hydrogen-bond donors (Lipinski definition) is 0. The maximum Gasteiger partial charge on any atom is 0.0260 e. The highest BCUT2D eigenvalue weighted by Crippen LogP contribution is 2.49. The van der Waals surface area contributed by atoms with Crippen molar-refractivity contribution < 1.29 is 0 Å². The monoisotopic (exact) mass is 203 g/mol. The standard InChI is InChI=1S/C15H23/c1-4-11-12(5-2)14-9-7-8-10-15(14)13(11)6-3/h4-10H2,1-3H3. The molecule has 0 heterocycles. The van der Waals surface area contributed by atoms with E-state index in [1.165, 1.54) is 44.9 Å². The summed E-state index contributed by atoms with van der Waals surface area (Å²) in [5, 5.41) is 0. The third-order valence-corrected chi connectivity index (χ3v) is 3.99. The van der Waals surface area contributed by atoms with Crippen molar-refractivity contribution in [2.75, 3.05) is 0 Å². The topological polar surface area (TPSA) is 0 Å². The van der Waals surface area contributed by atoms with E-state index in [0.29, 0.717) is 0 Å². The molecule has 0 aromatic heterocycles. The summed E-state index contributed by atoms with van der Waals surface area (Å²) in [4.78, 5) is 0. The first kappa shape index (κ1) is 11.0. The lowest BCUT2D eigenvalue weighted by molar-refractivity contribution is 0.672. The van der Waals surface area contributed by atoms with E-state index in [0.717, 1.165) is 0 Å². The fourth-order valence-electron chi connectivity index (χ4n) is 3.40. The van der Waals surface area contributed by atoms with E-state index >= 15 is 0 Å². The summed E-state index contributed by atoms with van der Waals surface area (Å²) < 4.78 is 0. The first-order valence-electron chi connectivity index (χ1n) is 6.64. The highest BCUT2D eigenvalue weighted by molar-refractivity contribution is 5.60. The minimum absolute atomic E-state index is 1.24. The molecule has 2 aliphatic carbocycles. The van der Waals surface area contributed by atoms with Crippen molar-refractivity contribution >= 4 is 0 Å². The maximum absolute atomic E-state index is 2.32. The van der Waals surface area contributed by atoms with Gasteiger partial charge in [-0.2, -0.15) is 0 Å². The molecule has 0 bridgehead atoms. The summed E-state index contributed by atoms with van der Waals surface area (Å²) in [6.45, 7) is 6.96. The van der Waals surface area contributed by atoms with Crippen molar-refractivity contribution in [1.29, 1.82) is 0 Å². The second kappa shape index (κ2) is 4.55. The Hall–Kier alpha value is -0.520. The lowest BCUT2D eigenvalue weighted by Crippen LogP contribution is -2.03. The average molecular weight is 203 g/mol. The zero-order valence-electron chi connectivity index (χ0n) is 10.4. The van der Waals surface area contributed by atoms with Crippen LogP contribution >= 0.6 is 0 Å². The number of allylic oxidation sites excluding steroid dienone is 4. The smallest absolute Gasteiger partial charge is 0.0260 e. The van der Waals surface area contributed by atoms with Gasteiger partial charge in [0.15, 0.2) is 0 Å². The molecule has 0 aliphatic heterocycles. The van der Waals surface area contributed by atoms with E-state index in [1.54, 1.807) is 28.2 Å². The van der Waals surface area contributed by atoms with Gasteiger partial charge in [0.25, 0.3) is 0 Å². The first-order valence-corrected chi connectivity index (χ1v) is 6.64. The number of rotatable bonds is 3. The van der Waals surface area contributed by atoms with Crippen LogP contribution in [0.3, 0.4) is 0 Å². The van der Waals surface area contributed by atoms with Crippen LogP contribution in [0, 0.1) is 5.92 Å². The Labute approximate surface area is 94.5 Å². The normalized spacial score (nSPS) is 22.6. The largest absolute Gasteiger partial charge is 0.0642 e. The molecule has 2 rings (SSSR count). The van der Waals surface area contributed by atoms with Crippen LogP contribution in [-0.4, -0.2) is 0 Å². The molecule has 0 saturated carbocycles. The van der Waals surface area contributed by atoms with E-state index in [1.807, 2.05) is 0 Å². The van der Waals surface area contributed by atoms with Crippen LogP contribution in [0.2, 0.25) is 0 Å². The molecular weight excluding hydrogens is 180 g/mol. The van der Waals surface area contributed by atoms with Gasteiger partial charge in [0, 0.05) is 5.92 Å². The molecule has 0 saturated heterocycles.